The summed E-state index contributed by atoms with van der Waals surface area (Å²) < 4.78 is 0. The van der Waals surface area contributed by atoms with Crippen molar-refractivity contribution in [1.29, 1.82) is 0 Å². The molecule has 2 atom stereocenters. The molecule has 0 aliphatic rings. The molecule has 0 spiro atoms. The Kier molecular flexibility index (Phi) is 5.61. The van der Waals surface area contributed by atoms with Crippen molar-refractivity contribution >= 4 is 0 Å². The molecule has 0 bridgehead atoms. The first-order valence-electron chi connectivity index (χ1n) is 5.49. The van der Waals surface area contributed by atoms with Crippen LogP contribution in [-0.4, -0.2) is 0 Å². The minimum Gasteiger partial charge on any atom is -0.0651 e. The minimum atomic E-state index is 0.841. The van der Waals surface area contributed by atoms with Crippen molar-refractivity contribution in [3.63, 3.8) is 0 Å². The Bertz CT molecular complexity index is 103. The van der Waals surface area contributed by atoms with Gasteiger partial charge >= 0.3 is 0 Å². The fourth-order valence-electron chi connectivity index (χ4n) is 1.90. The molecule has 0 aromatic rings. The summed E-state index contributed by atoms with van der Waals surface area (Å²) in [6.45, 7) is 14.1. The fraction of sp³-hybridized carbons (Fsp3) is 1.00. The van der Waals surface area contributed by atoms with Crippen molar-refractivity contribution in [2.24, 2.45) is 23.7 Å². The molecule has 0 aliphatic heterocycles. The highest BCUT2D eigenvalue weighted by Gasteiger charge is 2.19. The molecule has 0 N–H and O–H groups in total. The molecular formula is C12H26. The van der Waals surface area contributed by atoms with E-state index in [-0.39, 0.29) is 0 Å². The maximum absolute atomic E-state index is 2.40. The van der Waals surface area contributed by atoms with Crippen molar-refractivity contribution in [3.05, 3.63) is 0 Å². The highest BCUT2D eigenvalue weighted by atomic mass is 14.2. The fourth-order valence-corrected chi connectivity index (χ4v) is 1.90. The summed E-state index contributed by atoms with van der Waals surface area (Å²) in [5.41, 5.74) is 0. The number of hydrogen-bond donors (Lipinski definition) is 0. The van der Waals surface area contributed by atoms with Gasteiger partial charge in [-0.1, -0.05) is 48.0 Å². The first-order chi connectivity index (χ1) is 5.49. The van der Waals surface area contributed by atoms with E-state index in [0.717, 1.165) is 23.7 Å². The molecule has 0 amide bonds. The van der Waals surface area contributed by atoms with Gasteiger partial charge in [0.2, 0.25) is 0 Å². The summed E-state index contributed by atoms with van der Waals surface area (Å²) in [6.07, 6.45) is 2.74. The molecule has 0 aromatic heterocycles. The van der Waals surface area contributed by atoms with Crippen molar-refractivity contribution in [3.8, 4) is 0 Å². The largest absolute Gasteiger partial charge is 0.0651 e. The highest BCUT2D eigenvalue weighted by molar-refractivity contribution is 4.69. The molecule has 0 rings (SSSR count). The minimum absolute atomic E-state index is 0.841. The molecule has 74 valence electrons. The van der Waals surface area contributed by atoms with Gasteiger partial charge in [-0.3, -0.25) is 0 Å². The third-order valence-corrected chi connectivity index (χ3v) is 3.09. The number of rotatable bonds is 5. The smallest absolute Gasteiger partial charge is 0.0386 e. The Hall–Kier alpha value is 0. The Morgan fingerprint density at radius 2 is 1.42 bits per heavy atom. The lowest BCUT2D eigenvalue weighted by molar-refractivity contribution is 0.233. The second-order valence-corrected chi connectivity index (χ2v) is 4.90. The Balaban J connectivity index is 3.96. The van der Waals surface area contributed by atoms with Crippen LogP contribution in [0.4, 0.5) is 0 Å². The lowest BCUT2D eigenvalue weighted by Crippen LogP contribution is -2.18. The first kappa shape index (κ1) is 12.0. The average molecular weight is 170 g/mol. The predicted octanol–water partition coefficient (Wildman–Crippen LogP) is 4.35. The number of hydrogen-bond acceptors (Lipinski definition) is 0. The standard InChI is InChI=1S/C12H26/c1-7-12(8-9(2)3)11(6)10(4)5/h9-12H,7-8H2,1-6H3. The van der Waals surface area contributed by atoms with Crippen LogP contribution in [0.3, 0.4) is 0 Å². The van der Waals surface area contributed by atoms with Gasteiger partial charge in [-0.2, -0.15) is 0 Å². The second-order valence-electron chi connectivity index (χ2n) is 4.90. The van der Waals surface area contributed by atoms with Crippen LogP contribution < -0.4 is 0 Å². The maximum Gasteiger partial charge on any atom is -0.0386 e. The zero-order chi connectivity index (χ0) is 9.72. The second kappa shape index (κ2) is 5.61. The normalized spacial score (nSPS) is 17.0. The van der Waals surface area contributed by atoms with Crippen LogP contribution in [0.15, 0.2) is 0 Å². The van der Waals surface area contributed by atoms with E-state index in [0.29, 0.717) is 0 Å². The van der Waals surface area contributed by atoms with E-state index < -0.39 is 0 Å². The van der Waals surface area contributed by atoms with Gasteiger partial charge in [0.25, 0.3) is 0 Å². The summed E-state index contributed by atoms with van der Waals surface area (Å²) in [7, 11) is 0. The molecule has 0 saturated heterocycles. The SMILES string of the molecule is CCC(CC(C)C)C(C)C(C)C. The lowest BCUT2D eigenvalue weighted by atomic mass is 9.79. The summed E-state index contributed by atoms with van der Waals surface area (Å²) >= 11 is 0. The molecule has 0 aromatic carbocycles. The van der Waals surface area contributed by atoms with Gasteiger partial charge in [0.15, 0.2) is 0 Å². The van der Waals surface area contributed by atoms with Gasteiger partial charge < -0.3 is 0 Å². The lowest BCUT2D eigenvalue weighted by Gasteiger charge is -2.27. The monoisotopic (exact) mass is 170 g/mol. The van der Waals surface area contributed by atoms with E-state index in [1.165, 1.54) is 12.8 Å². The van der Waals surface area contributed by atoms with Gasteiger partial charge in [-0.05, 0) is 30.1 Å². The Morgan fingerprint density at radius 3 is 1.67 bits per heavy atom. The molecule has 12 heavy (non-hydrogen) atoms. The van der Waals surface area contributed by atoms with Gasteiger partial charge in [0.05, 0.1) is 0 Å². The molecule has 0 fully saturated rings. The zero-order valence-corrected chi connectivity index (χ0v) is 9.72. The molecular weight excluding hydrogens is 144 g/mol. The summed E-state index contributed by atoms with van der Waals surface area (Å²) in [6, 6.07) is 0. The van der Waals surface area contributed by atoms with Gasteiger partial charge in [0, 0.05) is 0 Å². The average Bonchev–Trinajstić information content (AvgIpc) is 1.98. The van der Waals surface area contributed by atoms with E-state index >= 15 is 0 Å². The Labute approximate surface area is 78.8 Å². The summed E-state index contributed by atoms with van der Waals surface area (Å²) in [4.78, 5) is 0. The van der Waals surface area contributed by atoms with E-state index in [4.69, 9.17) is 0 Å². The van der Waals surface area contributed by atoms with E-state index in [1.807, 2.05) is 0 Å². The van der Waals surface area contributed by atoms with Crippen LogP contribution in [0.2, 0.25) is 0 Å². The summed E-state index contributed by atoms with van der Waals surface area (Å²) in [5.74, 6) is 3.52. The maximum atomic E-state index is 2.40. The van der Waals surface area contributed by atoms with Crippen LogP contribution in [-0.2, 0) is 0 Å². The predicted molar refractivity (Wildman–Crippen MR) is 57.2 cm³/mol. The van der Waals surface area contributed by atoms with Crippen LogP contribution in [0, 0.1) is 23.7 Å². The molecule has 0 saturated carbocycles. The van der Waals surface area contributed by atoms with Gasteiger partial charge in [-0.25, -0.2) is 0 Å². The van der Waals surface area contributed by atoms with E-state index in [9.17, 15) is 0 Å². The quantitative estimate of drug-likeness (QED) is 0.575. The third-order valence-electron chi connectivity index (χ3n) is 3.09. The summed E-state index contributed by atoms with van der Waals surface area (Å²) in [5, 5.41) is 0. The molecule has 0 heterocycles. The molecule has 0 radical (unpaired) electrons. The molecule has 0 aliphatic carbocycles. The van der Waals surface area contributed by atoms with E-state index in [2.05, 4.69) is 41.5 Å². The first-order valence-corrected chi connectivity index (χ1v) is 5.49. The van der Waals surface area contributed by atoms with Crippen LogP contribution in [0.1, 0.15) is 54.4 Å². The van der Waals surface area contributed by atoms with Crippen molar-refractivity contribution in [2.45, 2.75) is 54.4 Å². The molecule has 0 heteroatoms. The van der Waals surface area contributed by atoms with Crippen LogP contribution in [0.25, 0.3) is 0 Å². The highest BCUT2D eigenvalue weighted by Crippen LogP contribution is 2.28. The van der Waals surface area contributed by atoms with Crippen molar-refractivity contribution in [2.75, 3.05) is 0 Å². The zero-order valence-electron chi connectivity index (χ0n) is 9.72. The van der Waals surface area contributed by atoms with E-state index in [1.54, 1.807) is 0 Å². The van der Waals surface area contributed by atoms with Crippen molar-refractivity contribution < 1.29 is 0 Å². The molecule has 0 nitrogen and oxygen atoms in total. The topological polar surface area (TPSA) is 0 Å². The van der Waals surface area contributed by atoms with Crippen LogP contribution in [0.5, 0.6) is 0 Å². The Morgan fingerprint density at radius 1 is 0.917 bits per heavy atom. The molecule has 2 unspecified atom stereocenters. The van der Waals surface area contributed by atoms with Gasteiger partial charge in [-0.15, -0.1) is 0 Å². The van der Waals surface area contributed by atoms with Gasteiger partial charge in [0.1, 0.15) is 0 Å². The third kappa shape index (κ3) is 4.13. The van der Waals surface area contributed by atoms with Crippen molar-refractivity contribution in [1.82, 2.24) is 0 Å². The van der Waals surface area contributed by atoms with Crippen LogP contribution >= 0.6 is 0 Å².